The molecule has 1 aliphatic carbocycles. The lowest BCUT2D eigenvalue weighted by Crippen LogP contribution is -2.22. The Morgan fingerprint density at radius 3 is 2.42 bits per heavy atom. The number of Topliss-reactive ketones (excluding diaryl/α,β-unsaturated/α-hetero) is 1. The number of nitrogen functional groups attached to an aromatic ring is 1. The van der Waals surface area contributed by atoms with E-state index >= 15 is 0 Å². The summed E-state index contributed by atoms with van der Waals surface area (Å²) in [5, 5.41) is 4.46. The molecule has 0 bridgehead atoms. The molecule has 0 aliphatic heterocycles. The van der Waals surface area contributed by atoms with Crippen molar-refractivity contribution in [3.8, 4) is 22.4 Å². The highest BCUT2D eigenvalue weighted by atomic mass is 16.5. The third kappa shape index (κ3) is 3.89. The van der Waals surface area contributed by atoms with Gasteiger partial charge < -0.3 is 10.5 Å². The lowest BCUT2D eigenvalue weighted by Gasteiger charge is -2.28. The molecule has 0 amide bonds. The number of ketones is 1. The van der Waals surface area contributed by atoms with Crippen LogP contribution in [0.25, 0.3) is 28.0 Å². The first-order valence-corrected chi connectivity index (χ1v) is 11.3. The minimum absolute atomic E-state index is 0.0864. The molecule has 3 heterocycles. The van der Waals surface area contributed by atoms with E-state index in [0.717, 1.165) is 53.8 Å². The number of ether oxygens (including phenoxy) is 1. The molecule has 7 nitrogen and oxygen atoms in total. The van der Waals surface area contributed by atoms with Gasteiger partial charge in [0.15, 0.2) is 11.4 Å². The van der Waals surface area contributed by atoms with Gasteiger partial charge in [-0.25, -0.2) is 4.98 Å². The van der Waals surface area contributed by atoms with E-state index in [1.165, 1.54) is 0 Å². The summed E-state index contributed by atoms with van der Waals surface area (Å²) >= 11 is 0. The molecule has 1 aliphatic rings. The van der Waals surface area contributed by atoms with Crippen molar-refractivity contribution < 1.29 is 9.53 Å². The van der Waals surface area contributed by atoms with Crippen molar-refractivity contribution in [2.75, 3.05) is 12.8 Å². The van der Waals surface area contributed by atoms with Crippen LogP contribution in [0.4, 0.5) is 5.82 Å². The van der Waals surface area contributed by atoms with Crippen molar-refractivity contribution in [2.45, 2.75) is 44.6 Å². The Labute approximate surface area is 192 Å². The first-order valence-electron chi connectivity index (χ1n) is 11.3. The van der Waals surface area contributed by atoms with Gasteiger partial charge in [-0.1, -0.05) is 36.4 Å². The number of hydrogen-bond acceptors (Lipinski definition) is 6. The van der Waals surface area contributed by atoms with Crippen molar-refractivity contribution >= 4 is 17.2 Å². The fourth-order valence-corrected chi connectivity index (χ4v) is 4.80. The molecule has 0 atom stereocenters. The molecule has 7 heteroatoms. The highest BCUT2D eigenvalue weighted by Gasteiger charge is 2.29. The number of benzene rings is 1. The van der Waals surface area contributed by atoms with Crippen molar-refractivity contribution in [3.63, 3.8) is 0 Å². The number of fused-ring (bicyclic) bond motifs is 1. The molecular formula is C26H27N5O2. The number of nitrogens with two attached hydrogens (primary N) is 1. The summed E-state index contributed by atoms with van der Waals surface area (Å²) in [6.45, 7) is 1.54. The van der Waals surface area contributed by atoms with E-state index in [1.807, 2.05) is 48.7 Å². The second-order valence-electron chi connectivity index (χ2n) is 8.61. The third-order valence-electron chi connectivity index (χ3n) is 6.60. The van der Waals surface area contributed by atoms with Crippen LogP contribution in [0, 0.1) is 0 Å². The molecule has 0 spiro atoms. The standard InChI is InChI=1S/C26H27N5O2/c1-16(32)23-24(18-8-11-20(33-2)12-9-18)30-26-21(15-29-31(26)25(23)27)19-10-13-22(28-14-19)17-6-4-3-5-7-17/h3-7,10,13-15,18,20H,8-9,11-12,27H2,1-2H3. The quantitative estimate of drug-likeness (QED) is 0.442. The second kappa shape index (κ2) is 8.75. The minimum atomic E-state index is -0.0864. The van der Waals surface area contributed by atoms with Crippen molar-refractivity contribution in [1.29, 1.82) is 0 Å². The predicted octanol–water partition coefficient (Wildman–Crippen LogP) is 4.92. The molecule has 1 aromatic carbocycles. The van der Waals surface area contributed by atoms with Crippen LogP contribution in [0.5, 0.6) is 0 Å². The molecule has 168 valence electrons. The number of nitrogens with zero attached hydrogens (tertiary/aromatic N) is 4. The molecule has 3 aromatic heterocycles. The SMILES string of the molecule is COC1CCC(c2nc3c(-c4ccc(-c5ccccc5)nc4)cnn3c(N)c2C(C)=O)CC1. The summed E-state index contributed by atoms with van der Waals surface area (Å²) in [6, 6.07) is 14.1. The lowest BCUT2D eigenvalue weighted by atomic mass is 9.83. The van der Waals surface area contributed by atoms with Crippen LogP contribution in [0.3, 0.4) is 0 Å². The van der Waals surface area contributed by atoms with Gasteiger partial charge in [0.2, 0.25) is 0 Å². The van der Waals surface area contributed by atoms with Gasteiger partial charge in [0, 0.05) is 35.9 Å². The van der Waals surface area contributed by atoms with E-state index in [9.17, 15) is 4.79 Å². The normalized spacial score (nSPS) is 18.5. The molecule has 0 unspecified atom stereocenters. The zero-order valence-electron chi connectivity index (χ0n) is 18.9. The zero-order valence-corrected chi connectivity index (χ0v) is 18.9. The van der Waals surface area contributed by atoms with Gasteiger partial charge in [0.1, 0.15) is 5.82 Å². The van der Waals surface area contributed by atoms with Gasteiger partial charge in [0.25, 0.3) is 0 Å². The van der Waals surface area contributed by atoms with Gasteiger partial charge in [0.05, 0.1) is 29.3 Å². The second-order valence-corrected chi connectivity index (χ2v) is 8.61. The number of carbonyl (C=O) groups excluding carboxylic acids is 1. The maximum Gasteiger partial charge on any atom is 0.165 e. The fraction of sp³-hybridized carbons (Fsp3) is 0.308. The van der Waals surface area contributed by atoms with Crippen LogP contribution < -0.4 is 5.73 Å². The zero-order chi connectivity index (χ0) is 22.9. The molecular weight excluding hydrogens is 414 g/mol. The largest absolute Gasteiger partial charge is 0.383 e. The van der Waals surface area contributed by atoms with Crippen LogP contribution in [-0.4, -0.2) is 38.6 Å². The number of pyridine rings is 1. The average molecular weight is 442 g/mol. The monoisotopic (exact) mass is 441 g/mol. The van der Waals surface area contributed by atoms with Gasteiger partial charge >= 0.3 is 0 Å². The number of rotatable bonds is 5. The summed E-state index contributed by atoms with van der Waals surface area (Å²) in [6.07, 6.45) is 7.57. The Morgan fingerprint density at radius 1 is 1.03 bits per heavy atom. The Bertz CT molecular complexity index is 1290. The summed E-state index contributed by atoms with van der Waals surface area (Å²) in [5.41, 5.74) is 12.1. The Balaban J connectivity index is 1.57. The van der Waals surface area contributed by atoms with Crippen molar-refractivity contribution in [2.24, 2.45) is 0 Å². The van der Waals surface area contributed by atoms with E-state index in [4.69, 9.17) is 15.5 Å². The van der Waals surface area contributed by atoms with Gasteiger partial charge in [-0.2, -0.15) is 9.61 Å². The van der Waals surface area contributed by atoms with E-state index in [-0.39, 0.29) is 17.8 Å². The van der Waals surface area contributed by atoms with E-state index in [1.54, 1.807) is 24.7 Å². The molecule has 4 aromatic rings. The topological polar surface area (TPSA) is 95.4 Å². The summed E-state index contributed by atoms with van der Waals surface area (Å²) in [4.78, 5) is 22.2. The smallest absolute Gasteiger partial charge is 0.165 e. The highest BCUT2D eigenvalue weighted by molar-refractivity contribution is 6.00. The number of methoxy groups -OCH3 is 1. The van der Waals surface area contributed by atoms with Crippen LogP contribution in [0.2, 0.25) is 0 Å². The molecule has 5 rings (SSSR count). The molecule has 1 fully saturated rings. The fourth-order valence-electron chi connectivity index (χ4n) is 4.80. The molecule has 33 heavy (non-hydrogen) atoms. The highest BCUT2D eigenvalue weighted by Crippen LogP contribution is 2.37. The summed E-state index contributed by atoms with van der Waals surface area (Å²) in [5.74, 6) is 0.428. The Hall–Kier alpha value is -3.58. The maximum atomic E-state index is 12.5. The van der Waals surface area contributed by atoms with Crippen molar-refractivity contribution in [1.82, 2.24) is 19.6 Å². The predicted molar refractivity (Wildman–Crippen MR) is 128 cm³/mol. The molecule has 1 saturated carbocycles. The molecule has 0 radical (unpaired) electrons. The lowest BCUT2D eigenvalue weighted by molar-refractivity contribution is 0.0654. The molecule has 2 N–H and O–H groups in total. The molecule has 0 saturated heterocycles. The van der Waals surface area contributed by atoms with Crippen LogP contribution in [0.15, 0.2) is 54.9 Å². The maximum absolute atomic E-state index is 12.5. The first-order chi connectivity index (χ1) is 16.1. The van der Waals surface area contributed by atoms with E-state index in [2.05, 4.69) is 10.1 Å². The summed E-state index contributed by atoms with van der Waals surface area (Å²) in [7, 11) is 1.75. The first kappa shape index (κ1) is 21.3. The Morgan fingerprint density at radius 2 is 1.79 bits per heavy atom. The Kier molecular flexibility index (Phi) is 5.64. The van der Waals surface area contributed by atoms with E-state index in [0.29, 0.717) is 17.0 Å². The summed E-state index contributed by atoms with van der Waals surface area (Å²) < 4.78 is 7.09. The number of hydrogen-bond donors (Lipinski definition) is 1. The van der Waals surface area contributed by atoms with Gasteiger partial charge in [-0.05, 0) is 38.7 Å². The minimum Gasteiger partial charge on any atom is -0.383 e. The average Bonchev–Trinajstić information content (AvgIpc) is 3.29. The van der Waals surface area contributed by atoms with Crippen LogP contribution in [-0.2, 0) is 4.74 Å². The van der Waals surface area contributed by atoms with Crippen LogP contribution >= 0.6 is 0 Å². The van der Waals surface area contributed by atoms with Gasteiger partial charge in [-0.3, -0.25) is 9.78 Å². The third-order valence-corrected chi connectivity index (χ3v) is 6.60. The number of anilines is 1. The number of aromatic nitrogens is 4. The van der Waals surface area contributed by atoms with Crippen LogP contribution in [0.1, 0.15) is 54.6 Å². The van der Waals surface area contributed by atoms with Gasteiger partial charge in [-0.15, -0.1) is 0 Å². The van der Waals surface area contributed by atoms with E-state index < -0.39 is 0 Å². The number of carbonyl (C=O) groups is 1. The van der Waals surface area contributed by atoms with Crippen molar-refractivity contribution in [3.05, 3.63) is 66.1 Å².